The quantitative estimate of drug-likeness (QED) is 0.597. The number of para-hydroxylation sites is 1. The molecule has 2 aromatic carbocycles. The average Bonchev–Trinajstić information content (AvgIpc) is 2.82. The minimum absolute atomic E-state index is 0.148. The van der Waals surface area contributed by atoms with Gasteiger partial charge in [0.2, 0.25) is 5.95 Å². The van der Waals surface area contributed by atoms with Gasteiger partial charge in [0.15, 0.2) is 0 Å². The lowest BCUT2D eigenvalue weighted by Gasteiger charge is -2.37. The summed E-state index contributed by atoms with van der Waals surface area (Å²) in [5.74, 6) is -0.328. The van der Waals surface area contributed by atoms with Gasteiger partial charge in [-0.2, -0.15) is 13.2 Å². The Morgan fingerprint density at radius 3 is 2.44 bits per heavy atom. The van der Waals surface area contributed by atoms with E-state index in [4.69, 9.17) is 0 Å². The first-order valence-corrected chi connectivity index (χ1v) is 10.8. The van der Waals surface area contributed by atoms with E-state index in [0.29, 0.717) is 19.0 Å². The Kier molecular flexibility index (Phi) is 6.58. The number of aromatic nitrogens is 2. The Morgan fingerprint density at radius 2 is 1.76 bits per heavy atom. The first-order chi connectivity index (χ1) is 16.2. The smallest absolute Gasteiger partial charge is 0.368 e. The largest absolute Gasteiger partial charge is 0.416 e. The molecular weight excluding hydrogens is 447 g/mol. The highest BCUT2D eigenvalue weighted by Gasteiger charge is 2.30. The average molecular weight is 471 g/mol. The van der Waals surface area contributed by atoms with Crippen LogP contribution in [0.15, 0.2) is 59.5 Å². The number of aryl methyl sites for hydroxylation is 1. The molecule has 2 heterocycles. The molecule has 0 aliphatic carbocycles. The molecule has 0 bridgehead atoms. The molecule has 1 fully saturated rings. The third kappa shape index (κ3) is 5.22. The molecular formula is C24H24F3N5O2. The molecule has 34 heavy (non-hydrogen) atoms. The van der Waals surface area contributed by atoms with Crippen LogP contribution in [0.1, 0.15) is 27.0 Å². The fourth-order valence-electron chi connectivity index (χ4n) is 3.92. The maximum Gasteiger partial charge on any atom is 0.416 e. The lowest BCUT2D eigenvalue weighted by atomic mass is 10.1. The number of hydrogen-bond acceptors (Lipinski definition) is 5. The van der Waals surface area contributed by atoms with Crippen LogP contribution in [-0.4, -0.2) is 42.1 Å². The van der Waals surface area contributed by atoms with Crippen LogP contribution in [0.2, 0.25) is 0 Å². The van der Waals surface area contributed by atoms with Crippen LogP contribution in [0.4, 0.5) is 24.8 Å². The van der Waals surface area contributed by atoms with Gasteiger partial charge in [-0.3, -0.25) is 14.6 Å². The lowest BCUT2D eigenvalue weighted by molar-refractivity contribution is -0.137. The lowest BCUT2D eigenvalue weighted by Crippen LogP contribution is -2.47. The molecule has 10 heteroatoms. The number of benzene rings is 2. The summed E-state index contributed by atoms with van der Waals surface area (Å²) in [5.41, 5.74) is 1.04. The van der Waals surface area contributed by atoms with E-state index in [2.05, 4.69) is 39.2 Å². The van der Waals surface area contributed by atoms with E-state index >= 15 is 0 Å². The number of amides is 1. The van der Waals surface area contributed by atoms with Crippen molar-refractivity contribution in [1.29, 1.82) is 0 Å². The van der Waals surface area contributed by atoms with E-state index in [1.165, 1.54) is 29.6 Å². The molecule has 7 nitrogen and oxygen atoms in total. The van der Waals surface area contributed by atoms with E-state index in [1.807, 2.05) is 17.0 Å². The zero-order chi connectivity index (χ0) is 24.3. The van der Waals surface area contributed by atoms with E-state index < -0.39 is 23.2 Å². The van der Waals surface area contributed by atoms with E-state index in [0.717, 1.165) is 25.2 Å². The minimum atomic E-state index is -4.47. The van der Waals surface area contributed by atoms with Gasteiger partial charge in [0.1, 0.15) is 5.56 Å². The zero-order valence-electron chi connectivity index (χ0n) is 18.5. The van der Waals surface area contributed by atoms with Crippen LogP contribution >= 0.6 is 0 Å². The molecule has 0 atom stereocenters. The summed E-state index contributed by atoms with van der Waals surface area (Å²) in [4.78, 5) is 36.1. The molecule has 1 saturated heterocycles. The van der Waals surface area contributed by atoms with Crippen molar-refractivity contribution in [2.24, 2.45) is 0 Å². The number of carbonyl (C=O) groups is 1. The van der Waals surface area contributed by atoms with Crippen LogP contribution in [0.3, 0.4) is 0 Å². The van der Waals surface area contributed by atoms with Gasteiger partial charge in [0.05, 0.1) is 5.56 Å². The van der Waals surface area contributed by atoms with Crippen molar-refractivity contribution in [3.63, 3.8) is 0 Å². The zero-order valence-corrected chi connectivity index (χ0v) is 18.5. The van der Waals surface area contributed by atoms with Crippen molar-refractivity contribution in [2.45, 2.75) is 19.6 Å². The molecule has 1 aromatic heterocycles. The number of halogens is 3. The van der Waals surface area contributed by atoms with Crippen LogP contribution < -0.4 is 20.7 Å². The van der Waals surface area contributed by atoms with Gasteiger partial charge in [-0.1, -0.05) is 30.3 Å². The molecule has 0 saturated carbocycles. The Labute approximate surface area is 194 Å². The van der Waals surface area contributed by atoms with Gasteiger partial charge in [-0.05, 0) is 36.2 Å². The van der Waals surface area contributed by atoms with Gasteiger partial charge in [-0.25, -0.2) is 4.98 Å². The van der Waals surface area contributed by atoms with Gasteiger partial charge >= 0.3 is 6.18 Å². The van der Waals surface area contributed by atoms with E-state index in [1.54, 1.807) is 0 Å². The number of hydrogen-bond donors (Lipinski definition) is 2. The van der Waals surface area contributed by atoms with Crippen molar-refractivity contribution in [3.8, 4) is 0 Å². The fraction of sp³-hybridized carbons (Fsp3) is 0.292. The molecule has 0 radical (unpaired) electrons. The summed E-state index contributed by atoms with van der Waals surface area (Å²) in [6.45, 7) is 4.74. The normalized spacial score (nSPS) is 14.2. The highest BCUT2D eigenvalue weighted by molar-refractivity contribution is 5.93. The summed E-state index contributed by atoms with van der Waals surface area (Å²) < 4.78 is 38.6. The molecule has 1 aliphatic heterocycles. The van der Waals surface area contributed by atoms with Gasteiger partial charge < -0.3 is 15.1 Å². The number of piperazine rings is 1. The minimum Gasteiger partial charge on any atom is -0.368 e. The number of alkyl halides is 3. The monoisotopic (exact) mass is 471 g/mol. The van der Waals surface area contributed by atoms with Gasteiger partial charge in [-0.15, -0.1) is 0 Å². The molecule has 3 aromatic rings. The van der Waals surface area contributed by atoms with Crippen LogP contribution in [0, 0.1) is 6.92 Å². The maximum atomic E-state index is 12.9. The molecule has 0 unspecified atom stereocenters. The van der Waals surface area contributed by atoms with Gasteiger partial charge in [0.25, 0.3) is 11.5 Å². The molecule has 2 N–H and O–H groups in total. The SMILES string of the molecule is Cc1ccccc1N1CCN(c2ncc(C(=O)NCc3cccc(C(F)(F)F)c3)c(=O)[nH]2)CC1. The second-order valence-electron chi connectivity index (χ2n) is 8.09. The molecule has 178 valence electrons. The van der Waals surface area contributed by atoms with Crippen molar-refractivity contribution < 1.29 is 18.0 Å². The number of H-pyrrole nitrogens is 1. The Bertz CT molecular complexity index is 1230. The Morgan fingerprint density at radius 1 is 1.06 bits per heavy atom. The second kappa shape index (κ2) is 9.58. The van der Waals surface area contributed by atoms with Crippen molar-refractivity contribution >= 4 is 17.5 Å². The van der Waals surface area contributed by atoms with E-state index in [-0.39, 0.29) is 17.7 Å². The van der Waals surface area contributed by atoms with Crippen molar-refractivity contribution in [1.82, 2.24) is 15.3 Å². The van der Waals surface area contributed by atoms with Crippen LogP contribution in [-0.2, 0) is 12.7 Å². The highest BCUT2D eigenvalue weighted by atomic mass is 19.4. The highest BCUT2D eigenvalue weighted by Crippen LogP contribution is 2.29. The standard InChI is InChI=1S/C24H24F3N5O2/c1-16-5-2-3-8-20(16)31-9-11-32(12-10-31)23-29-15-19(22(34)30-23)21(33)28-14-17-6-4-7-18(13-17)24(25,26)27/h2-8,13,15H,9-12,14H2,1H3,(H,28,33)(H,29,30,34). The molecule has 4 rings (SSSR count). The molecule has 1 aliphatic rings. The summed E-state index contributed by atoms with van der Waals surface area (Å²) in [6.07, 6.45) is -3.27. The third-order valence-corrected chi connectivity index (χ3v) is 5.77. The molecule has 0 spiro atoms. The first kappa shape index (κ1) is 23.3. The predicted octanol–water partition coefficient (Wildman–Crippen LogP) is 3.35. The first-order valence-electron chi connectivity index (χ1n) is 10.8. The van der Waals surface area contributed by atoms with E-state index in [9.17, 15) is 22.8 Å². The van der Waals surface area contributed by atoms with Gasteiger partial charge in [0, 0.05) is 44.6 Å². The summed E-state index contributed by atoms with van der Waals surface area (Å²) >= 11 is 0. The summed E-state index contributed by atoms with van der Waals surface area (Å²) in [6, 6.07) is 12.8. The van der Waals surface area contributed by atoms with Crippen molar-refractivity contribution in [2.75, 3.05) is 36.0 Å². The van der Waals surface area contributed by atoms with Crippen LogP contribution in [0.25, 0.3) is 0 Å². The molecule has 1 amide bonds. The topological polar surface area (TPSA) is 81.3 Å². The number of nitrogens with zero attached hydrogens (tertiary/aromatic N) is 3. The summed E-state index contributed by atoms with van der Waals surface area (Å²) in [7, 11) is 0. The summed E-state index contributed by atoms with van der Waals surface area (Å²) in [5, 5.41) is 2.48. The predicted molar refractivity (Wildman–Crippen MR) is 123 cm³/mol. The number of rotatable bonds is 5. The number of carbonyl (C=O) groups excluding carboxylic acids is 1. The Hall–Kier alpha value is -3.82. The number of aromatic amines is 1. The second-order valence-corrected chi connectivity index (χ2v) is 8.09. The third-order valence-electron chi connectivity index (χ3n) is 5.77. The maximum absolute atomic E-state index is 12.9. The fourth-order valence-corrected chi connectivity index (χ4v) is 3.92. The number of anilines is 2. The van der Waals surface area contributed by atoms with Crippen molar-refractivity contribution in [3.05, 3.63) is 87.3 Å². The number of nitrogens with one attached hydrogen (secondary N) is 2. The van der Waals surface area contributed by atoms with Crippen LogP contribution in [0.5, 0.6) is 0 Å². The Balaban J connectivity index is 1.37.